The predicted octanol–water partition coefficient (Wildman–Crippen LogP) is 5.19. The lowest BCUT2D eigenvalue weighted by Crippen LogP contribution is -2.57. The van der Waals surface area contributed by atoms with Crippen molar-refractivity contribution < 1.29 is 5.11 Å². The van der Waals surface area contributed by atoms with Crippen molar-refractivity contribution in [3.63, 3.8) is 0 Å². The number of rotatable bonds is 1. The Hall–Kier alpha value is -0.300. The van der Waals surface area contributed by atoms with Crippen LogP contribution in [0.5, 0.6) is 0 Å². The van der Waals surface area contributed by atoms with Crippen molar-refractivity contribution in [3.8, 4) is 0 Å². The van der Waals surface area contributed by atoms with Crippen molar-refractivity contribution in [2.45, 2.75) is 78.2 Å². The van der Waals surface area contributed by atoms with Gasteiger partial charge < -0.3 is 5.11 Å². The standard InChI is InChI=1S/C21H34O/c1-4-14-9-11-17-16-10-8-15-7-5-6-12-20(15,2)18(16)13-19(22)21(14,17)3/h5,7,14-19,22H,4,6,8-13H2,1-3H3/t14-,15?,16-,17-,18-,19+,20-,21+/m0/s1. The summed E-state index contributed by atoms with van der Waals surface area (Å²) in [6.45, 7) is 7.33. The monoisotopic (exact) mass is 302 g/mol. The maximum atomic E-state index is 11.2. The molecule has 1 N–H and O–H groups in total. The third-order valence-corrected chi connectivity index (χ3v) is 8.95. The minimum Gasteiger partial charge on any atom is -0.393 e. The molecule has 3 fully saturated rings. The van der Waals surface area contributed by atoms with Crippen LogP contribution in [0.4, 0.5) is 0 Å². The van der Waals surface area contributed by atoms with Crippen LogP contribution in [0.1, 0.15) is 72.1 Å². The Labute approximate surface area is 136 Å². The van der Waals surface area contributed by atoms with Crippen LogP contribution in [0.2, 0.25) is 0 Å². The molecule has 4 aliphatic rings. The van der Waals surface area contributed by atoms with Gasteiger partial charge in [-0.1, -0.05) is 39.3 Å². The Morgan fingerprint density at radius 2 is 1.91 bits per heavy atom. The first-order chi connectivity index (χ1) is 10.5. The van der Waals surface area contributed by atoms with Gasteiger partial charge in [0.15, 0.2) is 0 Å². The van der Waals surface area contributed by atoms with E-state index in [2.05, 4.69) is 32.9 Å². The lowest BCUT2D eigenvalue weighted by Gasteiger charge is -2.61. The lowest BCUT2D eigenvalue weighted by atomic mass is 9.45. The Morgan fingerprint density at radius 3 is 2.68 bits per heavy atom. The van der Waals surface area contributed by atoms with Crippen LogP contribution >= 0.6 is 0 Å². The second-order valence-electron chi connectivity index (χ2n) is 9.33. The minimum absolute atomic E-state index is 0.0623. The van der Waals surface area contributed by atoms with Gasteiger partial charge in [0.1, 0.15) is 0 Å². The third kappa shape index (κ3) is 1.81. The van der Waals surface area contributed by atoms with Crippen LogP contribution in [-0.2, 0) is 0 Å². The summed E-state index contributed by atoms with van der Waals surface area (Å²) in [4.78, 5) is 0. The highest BCUT2D eigenvalue weighted by atomic mass is 16.3. The van der Waals surface area contributed by atoms with E-state index in [-0.39, 0.29) is 11.5 Å². The fraction of sp³-hybridized carbons (Fsp3) is 0.905. The Morgan fingerprint density at radius 1 is 1.09 bits per heavy atom. The smallest absolute Gasteiger partial charge is 0.0602 e. The van der Waals surface area contributed by atoms with Gasteiger partial charge in [-0.25, -0.2) is 0 Å². The average Bonchev–Trinajstić information content (AvgIpc) is 2.86. The highest BCUT2D eigenvalue weighted by Gasteiger charge is 2.62. The molecule has 124 valence electrons. The molecule has 1 unspecified atom stereocenters. The number of aliphatic hydroxyl groups is 1. The molecule has 0 aromatic rings. The van der Waals surface area contributed by atoms with E-state index in [4.69, 9.17) is 0 Å². The van der Waals surface area contributed by atoms with E-state index >= 15 is 0 Å². The fourth-order valence-corrected chi connectivity index (χ4v) is 7.57. The molecular formula is C21H34O. The minimum atomic E-state index is -0.0623. The molecule has 0 saturated heterocycles. The maximum absolute atomic E-state index is 11.2. The molecule has 0 amide bonds. The van der Waals surface area contributed by atoms with Crippen LogP contribution in [0, 0.1) is 40.4 Å². The van der Waals surface area contributed by atoms with E-state index in [0.717, 1.165) is 36.0 Å². The molecule has 0 aromatic heterocycles. The van der Waals surface area contributed by atoms with Gasteiger partial charge in [0.05, 0.1) is 6.10 Å². The zero-order chi connectivity index (χ0) is 15.5. The third-order valence-electron chi connectivity index (χ3n) is 8.95. The highest BCUT2D eigenvalue weighted by molar-refractivity contribution is 5.15. The summed E-state index contributed by atoms with van der Waals surface area (Å²) >= 11 is 0. The van der Waals surface area contributed by atoms with Gasteiger partial charge in [-0.3, -0.25) is 0 Å². The van der Waals surface area contributed by atoms with Gasteiger partial charge >= 0.3 is 0 Å². The molecule has 0 aromatic carbocycles. The molecule has 0 spiro atoms. The topological polar surface area (TPSA) is 20.2 Å². The van der Waals surface area contributed by atoms with Crippen LogP contribution < -0.4 is 0 Å². The zero-order valence-electron chi connectivity index (χ0n) is 14.7. The first-order valence-corrected chi connectivity index (χ1v) is 9.86. The molecule has 3 saturated carbocycles. The largest absolute Gasteiger partial charge is 0.393 e. The summed E-state index contributed by atoms with van der Waals surface area (Å²) in [6.07, 6.45) is 15.4. The van der Waals surface area contributed by atoms with Gasteiger partial charge in [0.25, 0.3) is 0 Å². The predicted molar refractivity (Wildman–Crippen MR) is 91.4 cm³/mol. The Bertz CT molecular complexity index is 469. The highest BCUT2D eigenvalue weighted by Crippen LogP contribution is 2.67. The van der Waals surface area contributed by atoms with E-state index in [1.165, 1.54) is 44.9 Å². The van der Waals surface area contributed by atoms with Crippen LogP contribution in [-0.4, -0.2) is 11.2 Å². The molecule has 4 aliphatic carbocycles. The SMILES string of the molecule is CC[C@H]1CC[C@H]2[C@@H]3CCC4C=CCC[C@]4(C)[C@H]3C[C@@H](O)[C@]12C. The van der Waals surface area contributed by atoms with Crippen molar-refractivity contribution in [1.29, 1.82) is 0 Å². The van der Waals surface area contributed by atoms with Crippen LogP contribution in [0.3, 0.4) is 0 Å². The summed E-state index contributed by atoms with van der Waals surface area (Å²) in [5.41, 5.74) is 0.675. The number of allylic oxidation sites excluding steroid dienone is 2. The Kier molecular flexibility index (Phi) is 3.53. The van der Waals surface area contributed by atoms with Gasteiger partial charge in [-0.2, -0.15) is 0 Å². The number of hydrogen-bond donors (Lipinski definition) is 1. The maximum Gasteiger partial charge on any atom is 0.0602 e. The molecule has 1 nitrogen and oxygen atoms in total. The molecule has 0 heterocycles. The molecule has 0 aliphatic heterocycles. The van der Waals surface area contributed by atoms with Crippen LogP contribution in [0.25, 0.3) is 0 Å². The average molecular weight is 303 g/mol. The van der Waals surface area contributed by atoms with E-state index in [1.54, 1.807) is 0 Å². The van der Waals surface area contributed by atoms with Gasteiger partial charge in [0.2, 0.25) is 0 Å². The van der Waals surface area contributed by atoms with Gasteiger partial charge in [-0.05, 0) is 85.4 Å². The summed E-state index contributed by atoms with van der Waals surface area (Å²) in [5, 5.41) is 11.2. The first kappa shape index (κ1) is 15.2. The van der Waals surface area contributed by atoms with Crippen molar-refractivity contribution in [2.24, 2.45) is 40.4 Å². The van der Waals surface area contributed by atoms with E-state index in [9.17, 15) is 5.11 Å². The first-order valence-electron chi connectivity index (χ1n) is 9.86. The molecule has 8 atom stereocenters. The lowest BCUT2D eigenvalue weighted by molar-refractivity contribution is -0.153. The number of aliphatic hydroxyl groups excluding tert-OH is 1. The second kappa shape index (κ2) is 5.10. The molecule has 0 radical (unpaired) electrons. The molecule has 1 heteroatoms. The van der Waals surface area contributed by atoms with Crippen molar-refractivity contribution in [3.05, 3.63) is 12.2 Å². The molecule has 4 rings (SSSR count). The number of fused-ring (bicyclic) bond motifs is 5. The fourth-order valence-electron chi connectivity index (χ4n) is 7.57. The normalized spacial score (nSPS) is 57.1. The quantitative estimate of drug-likeness (QED) is 0.661. The van der Waals surface area contributed by atoms with E-state index in [0.29, 0.717) is 5.41 Å². The second-order valence-corrected chi connectivity index (χ2v) is 9.33. The summed E-state index contributed by atoms with van der Waals surface area (Å²) < 4.78 is 0. The summed E-state index contributed by atoms with van der Waals surface area (Å²) in [5.74, 6) is 3.97. The molecule has 0 bridgehead atoms. The van der Waals surface area contributed by atoms with Gasteiger partial charge in [-0.15, -0.1) is 0 Å². The van der Waals surface area contributed by atoms with E-state index < -0.39 is 0 Å². The Balaban J connectivity index is 1.69. The van der Waals surface area contributed by atoms with Crippen molar-refractivity contribution in [1.82, 2.24) is 0 Å². The van der Waals surface area contributed by atoms with Crippen molar-refractivity contribution >= 4 is 0 Å². The molecule has 22 heavy (non-hydrogen) atoms. The van der Waals surface area contributed by atoms with Crippen LogP contribution in [0.15, 0.2) is 12.2 Å². The molecular weight excluding hydrogens is 268 g/mol. The summed E-state index contributed by atoms with van der Waals surface area (Å²) in [6, 6.07) is 0. The van der Waals surface area contributed by atoms with E-state index in [1.807, 2.05) is 0 Å². The number of hydrogen-bond acceptors (Lipinski definition) is 1. The summed E-state index contributed by atoms with van der Waals surface area (Å²) in [7, 11) is 0. The van der Waals surface area contributed by atoms with Crippen molar-refractivity contribution in [2.75, 3.05) is 0 Å². The van der Waals surface area contributed by atoms with Gasteiger partial charge in [0, 0.05) is 0 Å². The zero-order valence-corrected chi connectivity index (χ0v) is 14.7.